The molecule has 1 aliphatic heterocycles. The first-order chi connectivity index (χ1) is 12.3. The molecule has 0 saturated carbocycles. The fourth-order valence-corrected chi connectivity index (χ4v) is 7.80. The van der Waals surface area contributed by atoms with Crippen LogP contribution in [-0.4, -0.2) is 51.4 Å². The molecule has 0 radical (unpaired) electrons. The largest absolute Gasteiger partial charge is 0.342 e. The van der Waals surface area contributed by atoms with Crippen LogP contribution in [0.2, 0.25) is 0 Å². The summed E-state index contributed by atoms with van der Waals surface area (Å²) >= 11 is 6.35. The van der Waals surface area contributed by atoms with Crippen LogP contribution in [0.3, 0.4) is 0 Å². The Hall–Kier alpha value is 4.64. The summed E-state index contributed by atoms with van der Waals surface area (Å²) in [6.45, 7) is 8.04. The second-order valence-corrected chi connectivity index (χ2v) is 28.0. The Morgan fingerprint density at radius 3 is 1.96 bits per heavy atom. The molecule has 5 nitrogen and oxygen atoms in total. The summed E-state index contributed by atoms with van der Waals surface area (Å²) < 4.78 is 30.8. The van der Waals surface area contributed by atoms with E-state index in [-0.39, 0.29) is 25.3 Å². The van der Waals surface area contributed by atoms with Crippen molar-refractivity contribution in [3.8, 4) is 0 Å². The average molecular weight is 590 g/mol. The lowest BCUT2D eigenvalue weighted by atomic mass is 10.1. The molecule has 1 heterocycles. The molecule has 0 aliphatic carbocycles. The van der Waals surface area contributed by atoms with E-state index in [1.165, 1.54) is 11.7 Å². The third kappa shape index (κ3) is 11.5. The van der Waals surface area contributed by atoms with Gasteiger partial charge in [0.2, 0.25) is 0 Å². The Morgan fingerprint density at radius 1 is 0.885 bits per heavy atom. The predicted molar refractivity (Wildman–Crippen MR) is 146 cm³/mol. The van der Waals surface area contributed by atoms with Gasteiger partial charge in [0.25, 0.3) is 0 Å². The van der Waals surface area contributed by atoms with E-state index < -0.39 is 28.3 Å². The third-order valence-corrected chi connectivity index (χ3v) is 19.1. The number of ether oxygens (including phenoxy) is 1. The maximum absolute atomic E-state index is 6.30. The zero-order valence-electron chi connectivity index (χ0n) is 14.8. The summed E-state index contributed by atoms with van der Waals surface area (Å²) in [6.07, 6.45) is -0.647. The Morgan fingerprint density at radius 2 is 1.42 bits per heavy atom. The molecule has 0 aromatic carbocycles. The maximum atomic E-state index is 6.30. The van der Waals surface area contributed by atoms with Gasteiger partial charge in [0, 0.05) is 18.1 Å². The Kier molecular flexibility index (Phi) is 18.0. The first-order valence-corrected chi connectivity index (χ1v) is 25.7. The number of rotatable bonds is 12. The third-order valence-electron chi connectivity index (χ3n) is 2.86. The lowest BCUT2D eigenvalue weighted by Gasteiger charge is -2.42. The average Bonchev–Trinajstić information content (AvgIpc) is 2.61. The van der Waals surface area contributed by atoms with Gasteiger partial charge in [-0.1, -0.05) is 67.3 Å². The van der Waals surface area contributed by atoms with Gasteiger partial charge < -0.3 is 18.3 Å². The molecule has 10 unspecified atom stereocenters. The van der Waals surface area contributed by atoms with E-state index in [1.54, 1.807) is 33.0 Å². The monoisotopic (exact) mass is 590 g/mol. The van der Waals surface area contributed by atoms with Crippen LogP contribution in [0.4, 0.5) is 0 Å². The van der Waals surface area contributed by atoms with E-state index in [4.69, 9.17) is 22.5 Å². The summed E-state index contributed by atoms with van der Waals surface area (Å²) in [5, 5.41) is 0. The minimum atomic E-state index is -0.693. The molecular formula is C9H26O5P8S4. The standard InChI is InChI=1S/C9H26O5P8S4/c1-19(24-16)11-6-5-7(14-23-22(4)15)10-9(13-21(3)26-18)8(6)12-20(2)25-17/h6-9H,5,15-18H2,1-4H3/t6?,7-,8+,9?,19?,20?,21?,22?/m1/s1. The van der Waals surface area contributed by atoms with Crippen molar-refractivity contribution in [1.82, 2.24) is 0 Å². The first-order valence-electron chi connectivity index (χ1n) is 7.10. The van der Waals surface area contributed by atoms with E-state index in [0.29, 0.717) is 6.42 Å². The minimum Gasteiger partial charge on any atom is -0.342 e. The smallest absolute Gasteiger partial charge is 0.194 e. The highest BCUT2D eigenvalue weighted by molar-refractivity contribution is 8.78. The predicted octanol–water partition coefficient (Wildman–Crippen LogP) is 7.72. The molecule has 156 valence electrons. The summed E-state index contributed by atoms with van der Waals surface area (Å²) in [5.41, 5.74) is 0. The highest BCUT2D eigenvalue weighted by Crippen LogP contribution is 2.60. The van der Waals surface area contributed by atoms with E-state index in [2.05, 4.69) is 60.9 Å². The van der Waals surface area contributed by atoms with Crippen molar-refractivity contribution < 1.29 is 22.5 Å². The van der Waals surface area contributed by atoms with E-state index >= 15 is 0 Å². The van der Waals surface area contributed by atoms with E-state index in [9.17, 15) is 0 Å². The molecule has 1 fully saturated rings. The molecule has 1 saturated heterocycles. The summed E-state index contributed by atoms with van der Waals surface area (Å²) in [7, 11) is 8.78. The Bertz CT molecular complexity index is 372. The molecule has 0 spiro atoms. The van der Waals surface area contributed by atoms with Crippen LogP contribution >= 0.6 is 108 Å². The van der Waals surface area contributed by atoms with Crippen molar-refractivity contribution in [2.24, 2.45) is 0 Å². The first kappa shape index (κ1) is 28.7. The van der Waals surface area contributed by atoms with Gasteiger partial charge in [-0.25, -0.2) is 0 Å². The summed E-state index contributed by atoms with van der Waals surface area (Å²) in [5.74, 6) is 0. The van der Waals surface area contributed by atoms with Crippen LogP contribution in [0.15, 0.2) is 0 Å². The van der Waals surface area contributed by atoms with Crippen molar-refractivity contribution in [1.29, 1.82) is 0 Å². The molecular weight excluding hydrogens is 564 g/mol. The fraction of sp³-hybridized carbons (Fsp3) is 1.00. The van der Waals surface area contributed by atoms with Gasteiger partial charge in [0.1, 0.15) is 6.10 Å². The lowest BCUT2D eigenvalue weighted by Crippen LogP contribution is -2.50. The van der Waals surface area contributed by atoms with Crippen LogP contribution in [0.1, 0.15) is 6.42 Å². The van der Waals surface area contributed by atoms with Crippen LogP contribution in [-0.2, 0) is 22.5 Å². The van der Waals surface area contributed by atoms with Crippen LogP contribution < -0.4 is 0 Å². The lowest BCUT2D eigenvalue weighted by molar-refractivity contribution is -0.259. The molecule has 26 heavy (non-hydrogen) atoms. The van der Waals surface area contributed by atoms with E-state index in [0.717, 1.165) is 0 Å². The van der Waals surface area contributed by atoms with Gasteiger partial charge in [0.05, 0.1) is 28.2 Å². The normalized spacial score (nSPS) is 31.4. The summed E-state index contributed by atoms with van der Waals surface area (Å²) in [4.78, 5) is 0. The highest BCUT2D eigenvalue weighted by atomic mass is 33.1. The van der Waals surface area contributed by atoms with Crippen molar-refractivity contribution in [3.05, 3.63) is 0 Å². The molecule has 0 aromatic rings. The molecule has 1 aliphatic rings. The van der Waals surface area contributed by atoms with Crippen LogP contribution in [0, 0.1) is 0 Å². The quantitative estimate of drug-likeness (QED) is 0.168. The van der Waals surface area contributed by atoms with Gasteiger partial charge in [-0.3, -0.25) is 4.18 Å². The fourth-order valence-electron chi connectivity index (χ4n) is 1.85. The van der Waals surface area contributed by atoms with Gasteiger partial charge in [-0.05, 0) is 33.5 Å². The van der Waals surface area contributed by atoms with Gasteiger partial charge in [-0.15, -0.1) is 0 Å². The van der Waals surface area contributed by atoms with Crippen molar-refractivity contribution in [2.75, 3.05) is 26.7 Å². The molecule has 0 amide bonds. The molecule has 0 bridgehead atoms. The SMILES string of the molecule is CP(P)SO[C@@H]1CC(OP(C)SP)[C@H](OP(C)SP)C(OP(C)SP)O1. The van der Waals surface area contributed by atoms with Crippen molar-refractivity contribution in [3.63, 3.8) is 0 Å². The van der Waals surface area contributed by atoms with Crippen LogP contribution in [0.25, 0.3) is 0 Å². The molecule has 17 heteroatoms. The highest BCUT2D eigenvalue weighted by Gasteiger charge is 2.44. The molecule has 1 rings (SSSR count). The van der Waals surface area contributed by atoms with Crippen molar-refractivity contribution in [2.45, 2.75) is 31.2 Å². The maximum Gasteiger partial charge on any atom is 0.194 e. The topological polar surface area (TPSA) is 46.2 Å². The molecule has 0 N–H and O–H groups in total. The van der Waals surface area contributed by atoms with Gasteiger partial charge in [-0.2, -0.15) is 0 Å². The number of hydrogen-bond donors (Lipinski definition) is 0. The van der Waals surface area contributed by atoms with Crippen molar-refractivity contribution >= 4 is 108 Å². The Labute approximate surface area is 187 Å². The second-order valence-electron chi connectivity index (χ2n) is 4.84. The number of hydrogen-bond acceptors (Lipinski definition) is 9. The van der Waals surface area contributed by atoms with Gasteiger partial charge >= 0.3 is 0 Å². The van der Waals surface area contributed by atoms with E-state index in [1.807, 2.05) is 0 Å². The van der Waals surface area contributed by atoms with Crippen LogP contribution in [0.5, 0.6) is 0 Å². The zero-order chi connectivity index (χ0) is 19.7. The molecule has 0 aromatic heterocycles. The molecule has 12 atom stereocenters. The Balaban J connectivity index is 2.94. The second kappa shape index (κ2) is 16.3. The minimum absolute atomic E-state index is 0.129. The zero-order valence-corrected chi connectivity index (χ0v) is 26.3. The van der Waals surface area contributed by atoms with Gasteiger partial charge in [0.15, 0.2) is 12.6 Å². The summed E-state index contributed by atoms with van der Waals surface area (Å²) in [6, 6.07) is 0.